The van der Waals surface area contributed by atoms with Gasteiger partial charge in [0.15, 0.2) is 0 Å². The van der Waals surface area contributed by atoms with E-state index < -0.39 is 0 Å². The molecule has 2 saturated carbocycles. The molecular formula is C36H65N3S. The van der Waals surface area contributed by atoms with Crippen LogP contribution >= 0.6 is 12.6 Å². The first-order valence-corrected chi connectivity index (χ1v) is 18.0. The minimum Gasteiger partial charge on any atom is -0.295 e. The summed E-state index contributed by atoms with van der Waals surface area (Å²) in [6.45, 7) is 26.0. The lowest BCUT2D eigenvalue weighted by atomic mass is 9.73. The second kappa shape index (κ2) is 11.8. The summed E-state index contributed by atoms with van der Waals surface area (Å²) in [5.74, 6) is 3.82. The monoisotopic (exact) mass is 571 g/mol. The second-order valence-corrected chi connectivity index (χ2v) is 17.1. The Labute approximate surface area is 254 Å². The Bertz CT molecular complexity index is 900. The number of nitrogens with zero attached hydrogens (tertiary/aromatic N) is 3. The van der Waals surface area contributed by atoms with Gasteiger partial charge in [-0.25, -0.2) is 0 Å². The second-order valence-electron chi connectivity index (χ2n) is 16.4. The van der Waals surface area contributed by atoms with Gasteiger partial charge in [0, 0.05) is 52.6 Å². The zero-order valence-electron chi connectivity index (χ0n) is 27.9. The quantitative estimate of drug-likeness (QED) is 0.209. The van der Waals surface area contributed by atoms with Crippen molar-refractivity contribution in [1.29, 1.82) is 0 Å². The van der Waals surface area contributed by atoms with Crippen LogP contribution in [0.15, 0.2) is 12.2 Å². The maximum Gasteiger partial charge on any atom is 0.0372 e. The summed E-state index contributed by atoms with van der Waals surface area (Å²) in [7, 11) is 0. The van der Waals surface area contributed by atoms with Crippen molar-refractivity contribution in [2.75, 3.05) is 6.54 Å². The molecule has 4 heteroatoms. The fourth-order valence-electron chi connectivity index (χ4n) is 11.7. The van der Waals surface area contributed by atoms with Gasteiger partial charge in [0.25, 0.3) is 0 Å². The number of fused-ring (bicyclic) bond motifs is 4. The maximum atomic E-state index is 5.61. The third-order valence-corrected chi connectivity index (χ3v) is 13.2. The van der Waals surface area contributed by atoms with Gasteiger partial charge >= 0.3 is 0 Å². The van der Waals surface area contributed by atoms with E-state index in [4.69, 9.17) is 12.6 Å². The van der Waals surface area contributed by atoms with Crippen molar-refractivity contribution >= 4 is 12.6 Å². The molecule has 0 aromatic rings. The largest absolute Gasteiger partial charge is 0.295 e. The minimum atomic E-state index is 0.0869. The molecule has 0 radical (unpaired) electrons. The number of likely N-dealkylation sites (tertiary alicyclic amines) is 2. The van der Waals surface area contributed by atoms with Crippen molar-refractivity contribution in [3.05, 3.63) is 12.2 Å². The van der Waals surface area contributed by atoms with Crippen LogP contribution in [0.5, 0.6) is 0 Å². The van der Waals surface area contributed by atoms with Crippen molar-refractivity contribution in [2.45, 2.75) is 180 Å². The van der Waals surface area contributed by atoms with Gasteiger partial charge in [-0.1, -0.05) is 46.8 Å². The number of hydrogen-bond donors (Lipinski definition) is 1. The Morgan fingerprint density at radius 3 is 2.27 bits per heavy atom. The van der Waals surface area contributed by atoms with Gasteiger partial charge in [0.05, 0.1) is 0 Å². The van der Waals surface area contributed by atoms with Gasteiger partial charge in [-0.05, 0) is 129 Å². The average molecular weight is 572 g/mol. The summed E-state index contributed by atoms with van der Waals surface area (Å²) in [5, 5.41) is 0.394. The van der Waals surface area contributed by atoms with E-state index in [1.165, 1.54) is 64.3 Å². The number of rotatable bonds is 10. The lowest BCUT2D eigenvalue weighted by Gasteiger charge is -2.57. The standard InChI is InChI=1S/C36H65N3S/c1-11-37-31(23(2)3)18-28-15-17-36(37,21-28)22-32(40)34-26(8)14-16-35(10,39(34)25(6)7)20-27(9)33-29-12-13-30(19-29)38(33)24(4)5/h14,16,23-34,40H,11-13,15,17-22H2,1-10H3. The van der Waals surface area contributed by atoms with Gasteiger partial charge in [-0.15, -0.1) is 0 Å². The summed E-state index contributed by atoms with van der Waals surface area (Å²) < 4.78 is 0. The molecule has 2 saturated heterocycles. The Hall–Kier alpha value is -0.0300. The highest BCUT2D eigenvalue weighted by Crippen LogP contribution is 2.53. The molecule has 0 spiro atoms. The first-order valence-electron chi connectivity index (χ1n) is 17.5. The summed E-state index contributed by atoms with van der Waals surface area (Å²) in [6.07, 6.45) is 17.7. The predicted octanol–water partition coefficient (Wildman–Crippen LogP) is 8.30. The highest BCUT2D eigenvalue weighted by atomic mass is 32.1. The molecule has 5 aliphatic rings. The van der Waals surface area contributed by atoms with Crippen LogP contribution in [0.25, 0.3) is 0 Å². The van der Waals surface area contributed by atoms with Crippen LogP contribution in [0, 0.1) is 29.6 Å². The summed E-state index contributed by atoms with van der Waals surface area (Å²) in [5.41, 5.74) is 0.441. The van der Waals surface area contributed by atoms with Gasteiger partial charge in [-0.3, -0.25) is 14.7 Å². The summed E-state index contributed by atoms with van der Waals surface area (Å²) in [4.78, 5) is 8.84. The zero-order valence-corrected chi connectivity index (χ0v) is 28.8. The molecule has 5 rings (SSSR count). The van der Waals surface area contributed by atoms with Gasteiger partial charge in [0.1, 0.15) is 0 Å². The van der Waals surface area contributed by atoms with E-state index in [2.05, 4.69) is 96.1 Å². The smallest absolute Gasteiger partial charge is 0.0372 e. The van der Waals surface area contributed by atoms with Crippen LogP contribution in [-0.2, 0) is 0 Å². The first kappa shape index (κ1) is 31.4. The van der Waals surface area contributed by atoms with Crippen LogP contribution in [0.4, 0.5) is 0 Å². The third kappa shape index (κ3) is 5.41. The SMILES string of the molecule is CCN1C(C(C)C)CC2CCC1(CC(S)C1C(C)C=CC(C)(CC(C)C3C4CCC(C4)N3C(C)C)N1C(C)C)C2. The fraction of sp³-hybridized carbons (Fsp3) is 0.944. The molecule has 40 heavy (non-hydrogen) atoms. The fourth-order valence-corrected chi connectivity index (χ4v) is 12.4. The zero-order chi connectivity index (χ0) is 29.1. The van der Waals surface area contributed by atoms with Crippen molar-refractivity contribution in [2.24, 2.45) is 29.6 Å². The van der Waals surface area contributed by atoms with E-state index in [0.717, 1.165) is 35.9 Å². The van der Waals surface area contributed by atoms with Crippen molar-refractivity contribution in [3.63, 3.8) is 0 Å². The Balaban J connectivity index is 1.38. The molecule has 0 aromatic heterocycles. The van der Waals surface area contributed by atoms with Crippen molar-refractivity contribution in [3.8, 4) is 0 Å². The Morgan fingerprint density at radius 1 is 0.925 bits per heavy atom. The topological polar surface area (TPSA) is 9.72 Å². The molecule has 230 valence electrons. The highest BCUT2D eigenvalue weighted by Gasteiger charge is 2.55. The average Bonchev–Trinajstić information content (AvgIpc) is 3.58. The molecule has 0 aromatic carbocycles. The molecule has 3 nitrogen and oxygen atoms in total. The normalized spacial score (nSPS) is 44.0. The third-order valence-electron chi connectivity index (χ3n) is 12.7. The lowest BCUT2D eigenvalue weighted by Crippen LogP contribution is -2.64. The van der Waals surface area contributed by atoms with E-state index in [-0.39, 0.29) is 5.54 Å². The first-order chi connectivity index (χ1) is 18.8. The van der Waals surface area contributed by atoms with E-state index >= 15 is 0 Å². The summed E-state index contributed by atoms with van der Waals surface area (Å²) in [6, 6.07) is 3.99. The van der Waals surface area contributed by atoms with Crippen LogP contribution in [0.2, 0.25) is 0 Å². The molecule has 0 N–H and O–H groups in total. The molecule has 3 aliphatic heterocycles. The molecule has 4 fully saturated rings. The summed E-state index contributed by atoms with van der Waals surface area (Å²) >= 11 is 5.61. The molecule has 2 aliphatic carbocycles. The Morgan fingerprint density at radius 2 is 1.65 bits per heavy atom. The predicted molar refractivity (Wildman–Crippen MR) is 176 cm³/mol. The van der Waals surface area contributed by atoms with Gasteiger partial charge < -0.3 is 0 Å². The van der Waals surface area contributed by atoms with E-state index in [9.17, 15) is 0 Å². The van der Waals surface area contributed by atoms with Crippen LogP contribution in [0.3, 0.4) is 0 Å². The number of hydrogen-bond acceptors (Lipinski definition) is 4. The molecule has 0 amide bonds. The van der Waals surface area contributed by atoms with Crippen molar-refractivity contribution in [1.82, 2.24) is 14.7 Å². The molecule has 11 atom stereocenters. The van der Waals surface area contributed by atoms with Crippen LogP contribution < -0.4 is 0 Å². The highest BCUT2D eigenvalue weighted by molar-refractivity contribution is 7.81. The maximum absolute atomic E-state index is 5.61. The molecule has 3 heterocycles. The number of thiol groups is 1. The lowest BCUT2D eigenvalue weighted by molar-refractivity contribution is -0.0332. The number of piperidine rings is 2. The van der Waals surface area contributed by atoms with E-state index in [1.807, 2.05) is 0 Å². The van der Waals surface area contributed by atoms with E-state index in [0.29, 0.717) is 40.8 Å². The molecule has 11 unspecified atom stereocenters. The Kier molecular flexibility index (Phi) is 9.27. The van der Waals surface area contributed by atoms with Gasteiger partial charge in [0.2, 0.25) is 0 Å². The van der Waals surface area contributed by atoms with Crippen LogP contribution in [0.1, 0.15) is 127 Å². The van der Waals surface area contributed by atoms with Gasteiger partial charge in [-0.2, -0.15) is 12.6 Å². The minimum absolute atomic E-state index is 0.0869. The van der Waals surface area contributed by atoms with Crippen molar-refractivity contribution < 1.29 is 0 Å². The molecule has 4 bridgehead atoms. The van der Waals surface area contributed by atoms with E-state index in [1.54, 1.807) is 0 Å². The van der Waals surface area contributed by atoms with Crippen LogP contribution in [-0.4, -0.2) is 73.8 Å². The molecular weight excluding hydrogens is 506 g/mol.